The van der Waals surface area contributed by atoms with Gasteiger partial charge >= 0.3 is 6.03 Å². The second-order valence-corrected chi connectivity index (χ2v) is 3.06. The molecule has 0 bridgehead atoms. The van der Waals surface area contributed by atoms with Crippen molar-refractivity contribution in [3.63, 3.8) is 0 Å². The van der Waals surface area contributed by atoms with E-state index in [0.717, 1.165) is 12.8 Å². The van der Waals surface area contributed by atoms with Crippen LogP contribution < -0.4 is 10.6 Å². The van der Waals surface area contributed by atoms with Crippen molar-refractivity contribution >= 4 is 18.4 Å². The van der Waals surface area contributed by atoms with Crippen LogP contribution in [0.5, 0.6) is 0 Å². The van der Waals surface area contributed by atoms with Gasteiger partial charge in [0.25, 0.3) is 0 Å². The second kappa shape index (κ2) is 6.12. The molecule has 0 aliphatic heterocycles. The number of carbonyl (C=O) groups is 1. The Hall–Kier alpha value is -0.440. The minimum Gasteiger partial charge on any atom is -0.341 e. The Labute approximate surface area is 79.7 Å². The van der Waals surface area contributed by atoms with Crippen LogP contribution in [0.25, 0.3) is 0 Å². The lowest BCUT2D eigenvalue weighted by Crippen LogP contribution is -2.41. The fourth-order valence-electron chi connectivity index (χ4n) is 1.50. The molecule has 0 heterocycles. The molecule has 0 aromatic carbocycles. The molecule has 72 valence electrons. The molecule has 2 N–H and O–H groups in total. The molecule has 0 aromatic heterocycles. The Morgan fingerprint density at radius 3 is 2.33 bits per heavy atom. The van der Waals surface area contributed by atoms with E-state index in [1.807, 2.05) is 0 Å². The molecule has 0 spiro atoms. The Balaban J connectivity index is 0.00000121. The van der Waals surface area contributed by atoms with Gasteiger partial charge in [0.15, 0.2) is 0 Å². The van der Waals surface area contributed by atoms with Crippen LogP contribution in [0.2, 0.25) is 0 Å². The molecule has 1 saturated carbocycles. The van der Waals surface area contributed by atoms with Gasteiger partial charge in [0, 0.05) is 13.1 Å². The summed E-state index contributed by atoms with van der Waals surface area (Å²) in [5.41, 5.74) is 0. The van der Waals surface area contributed by atoms with E-state index in [2.05, 4.69) is 10.6 Å². The largest absolute Gasteiger partial charge is 0.341 e. The molecule has 1 fully saturated rings. The summed E-state index contributed by atoms with van der Waals surface area (Å²) < 4.78 is 0. The number of carbonyl (C=O) groups excluding carboxylic acids is 1. The molecule has 0 radical (unpaired) electrons. The summed E-state index contributed by atoms with van der Waals surface area (Å²) in [7, 11) is 1.65. The van der Waals surface area contributed by atoms with Gasteiger partial charge in [0.05, 0.1) is 0 Å². The van der Waals surface area contributed by atoms with Gasteiger partial charge in [0.2, 0.25) is 0 Å². The van der Waals surface area contributed by atoms with Crippen LogP contribution in [0.4, 0.5) is 4.79 Å². The standard InChI is InChI=1S/C8H16N2O.ClH/c1-9-8(11)10-7-5-3-2-4-6-7;/h7H,2-6H2,1H3,(H2,9,10,11);1H. The van der Waals surface area contributed by atoms with Crippen molar-refractivity contribution in [2.24, 2.45) is 0 Å². The third-order valence-corrected chi connectivity index (χ3v) is 2.17. The summed E-state index contributed by atoms with van der Waals surface area (Å²) in [4.78, 5) is 10.9. The third-order valence-electron chi connectivity index (χ3n) is 2.17. The zero-order chi connectivity index (χ0) is 8.10. The molecule has 0 saturated heterocycles. The van der Waals surface area contributed by atoms with Crippen LogP contribution in [0.3, 0.4) is 0 Å². The van der Waals surface area contributed by atoms with Gasteiger partial charge in [-0.1, -0.05) is 19.3 Å². The second-order valence-electron chi connectivity index (χ2n) is 3.06. The maximum absolute atomic E-state index is 10.9. The fraction of sp³-hybridized carbons (Fsp3) is 0.875. The first-order chi connectivity index (χ1) is 5.33. The number of urea groups is 1. The molecule has 0 unspecified atom stereocenters. The van der Waals surface area contributed by atoms with E-state index >= 15 is 0 Å². The summed E-state index contributed by atoms with van der Waals surface area (Å²) in [6.45, 7) is 0. The van der Waals surface area contributed by atoms with E-state index < -0.39 is 0 Å². The van der Waals surface area contributed by atoms with E-state index in [-0.39, 0.29) is 18.4 Å². The van der Waals surface area contributed by atoms with E-state index in [4.69, 9.17) is 0 Å². The van der Waals surface area contributed by atoms with E-state index in [1.54, 1.807) is 7.05 Å². The van der Waals surface area contributed by atoms with Gasteiger partial charge in [-0.05, 0) is 12.8 Å². The first-order valence-electron chi connectivity index (χ1n) is 4.31. The van der Waals surface area contributed by atoms with Crippen molar-refractivity contribution in [1.29, 1.82) is 0 Å². The highest BCUT2D eigenvalue weighted by Gasteiger charge is 2.14. The predicted molar refractivity (Wildman–Crippen MR) is 51.7 cm³/mol. The van der Waals surface area contributed by atoms with Crippen molar-refractivity contribution in [2.45, 2.75) is 38.1 Å². The lowest BCUT2D eigenvalue weighted by atomic mass is 9.96. The van der Waals surface area contributed by atoms with Gasteiger partial charge in [-0.2, -0.15) is 0 Å². The maximum atomic E-state index is 10.9. The summed E-state index contributed by atoms with van der Waals surface area (Å²) in [6.07, 6.45) is 6.14. The normalized spacial score (nSPS) is 17.8. The molecule has 12 heavy (non-hydrogen) atoms. The SMILES string of the molecule is CNC(=O)NC1CCCCC1.Cl. The molecular weight excluding hydrogens is 176 g/mol. The van der Waals surface area contributed by atoms with Crippen LogP contribution >= 0.6 is 12.4 Å². The monoisotopic (exact) mass is 192 g/mol. The van der Waals surface area contributed by atoms with Crippen molar-refractivity contribution in [1.82, 2.24) is 10.6 Å². The molecule has 4 heteroatoms. The minimum atomic E-state index is -0.0445. The first kappa shape index (κ1) is 11.6. The van der Waals surface area contributed by atoms with E-state index in [1.165, 1.54) is 19.3 Å². The Morgan fingerprint density at radius 1 is 1.25 bits per heavy atom. The highest BCUT2D eigenvalue weighted by atomic mass is 35.5. The highest BCUT2D eigenvalue weighted by molar-refractivity contribution is 5.85. The number of halogens is 1. The zero-order valence-electron chi connectivity index (χ0n) is 7.43. The summed E-state index contributed by atoms with van der Waals surface area (Å²) in [5.74, 6) is 0. The van der Waals surface area contributed by atoms with Crippen LogP contribution in [0, 0.1) is 0 Å². The van der Waals surface area contributed by atoms with Gasteiger partial charge in [0.1, 0.15) is 0 Å². The summed E-state index contributed by atoms with van der Waals surface area (Å²) in [5, 5.41) is 5.48. The quantitative estimate of drug-likeness (QED) is 0.652. The first-order valence-corrected chi connectivity index (χ1v) is 4.31. The molecule has 0 atom stereocenters. The Morgan fingerprint density at radius 2 is 1.83 bits per heavy atom. The molecule has 1 rings (SSSR count). The Bertz CT molecular complexity index is 135. The average Bonchev–Trinajstić information content (AvgIpc) is 2.06. The number of hydrogen-bond donors (Lipinski definition) is 2. The van der Waals surface area contributed by atoms with E-state index in [9.17, 15) is 4.79 Å². The number of amides is 2. The summed E-state index contributed by atoms with van der Waals surface area (Å²) in [6, 6.07) is 0.376. The topological polar surface area (TPSA) is 41.1 Å². The number of hydrogen-bond acceptors (Lipinski definition) is 1. The van der Waals surface area contributed by atoms with Gasteiger partial charge in [-0.15, -0.1) is 12.4 Å². The van der Waals surface area contributed by atoms with Gasteiger partial charge in [-0.25, -0.2) is 4.79 Å². The molecule has 1 aliphatic rings. The molecule has 2 amide bonds. The van der Waals surface area contributed by atoms with E-state index in [0.29, 0.717) is 6.04 Å². The molecule has 0 aromatic rings. The fourth-order valence-corrected chi connectivity index (χ4v) is 1.50. The van der Waals surface area contributed by atoms with Crippen molar-refractivity contribution in [3.05, 3.63) is 0 Å². The van der Waals surface area contributed by atoms with Gasteiger partial charge < -0.3 is 10.6 Å². The average molecular weight is 193 g/mol. The lowest BCUT2D eigenvalue weighted by Gasteiger charge is -2.22. The van der Waals surface area contributed by atoms with Crippen LogP contribution in [0.15, 0.2) is 0 Å². The van der Waals surface area contributed by atoms with Crippen LogP contribution in [-0.4, -0.2) is 19.1 Å². The molecular formula is C8H17ClN2O. The maximum Gasteiger partial charge on any atom is 0.314 e. The minimum absolute atomic E-state index is 0. The smallest absolute Gasteiger partial charge is 0.314 e. The zero-order valence-corrected chi connectivity index (χ0v) is 8.25. The van der Waals surface area contributed by atoms with Crippen LogP contribution in [0.1, 0.15) is 32.1 Å². The Kier molecular flexibility index (Phi) is 5.89. The van der Waals surface area contributed by atoms with Crippen LogP contribution in [-0.2, 0) is 0 Å². The number of rotatable bonds is 1. The van der Waals surface area contributed by atoms with Crippen molar-refractivity contribution in [3.8, 4) is 0 Å². The van der Waals surface area contributed by atoms with Gasteiger partial charge in [-0.3, -0.25) is 0 Å². The molecule has 1 aliphatic carbocycles. The van der Waals surface area contributed by atoms with Crippen molar-refractivity contribution in [2.75, 3.05) is 7.05 Å². The predicted octanol–water partition coefficient (Wildman–Crippen LogP) is 1.67. The lowest BCUT2D eigenvalue weighted by molar-refractivity contribution is 0.234. The van der Waals surface area contributed by atoms with Crippen molar-refractivity contribution < 1.29 is 4.79 Å². The summed E-state index contributed by atoms with van der Waals surface area (Å²) >= 11 is 0. The third kappa shape index (κ3) is 3.81. The number of nitrogens with one attached hydrogen (secondary N) is 2. The molecule has 3 nitrogen and oxygen atoms in total. The highest BCUT2D eigenvalue weighted by Crippen LogP contribution is 2.16.